The van der Waals surface area contributed by atoms with E-state index >= 15 is 0 Å². The molecule has 1 aromatic rings. The number of carbonyl (C=O) groups excluding carboxylic acids is 1. The van der Waals surface area contributed by atoms with Crippen LogP contribution in [0.25, 0.3) is 0 Å². The molecule has 2 heterocycles. The Kier molecular flexibility index (Phi) is 2.59. The number of anilines is 1. The number of hydrogen-bond acceptors (Lipinski definition) is 3. The zero-order chi connectivity index (χ0) is 11.8. The third-order valence-corrected chi connectivity index (χ3v) is 3.53. The van der Waals surface area contributed by atoms with Crippen molar-refractivity contribution in [2.24, 2.45) is 5.92 Å². The second-order valence-corrected chi connectivity index (χ2v) is 4.57. The van der Waals surface area contributed by atoms with E-state index in [-0.39, 0.29) is 18.6 Å². The molecule has 3 rings (SSSR count). The third-order valence-electron chi connectivity index (χ3n) is 3.09. The van der Waals surface area contributed by atoms with Crippen LogP contribution in [0.15, 0.2) is 18.2 Å². The van der Waals surface area contributed by atoms with Gasteiger partial charge in [-0.15, -0.1) is 11.6 Å². The van der Waals surface area contributed by atoms with E-state index in [0.717, 1.165) is 11.4 Å². The summed E-state index contributed by atoms with van der Waals surface area (Å²) in [6.45, 7) is 0.930. The van der Waals surface area contributed by atoms with Crippen molar-refractivity contribution in [3.8, 4) is 11.5 Å². The number of nitrogens with zero attached hydrogens (tertiary/aromatic N) is 1. The first-order valence-corrected chi connectivity index (χ1v) is 6.07. The van der Waals surface area contributed by atoms with Gasteiger partial charge in [-0.2, -0.15) is 0 Å². The van der Waals surface area contributed by atoms with Crippen LogP contribution in [0, 0.1) is 5.92 Å². The third kappa shape index (κ3) is 1.82. The van der Waals surface area contributed by atoms with Gasteiger partial charge in [0.1, 0.15) is 0 Å². The van der Waals surface area contributed by atoms with E-state index in [4.69, 9.17) is 21.1 Å². The van der Waals surface area contributed by atoms with Gasteiger partial charge in [0.15, 0.2) is 11.5 Å². The second kappa shape index (κ2) is 4.11. The van der Waals surface area contributed by atoms with Crippen molar-refractivity contribution in [3.63, 3.8) is 0 Å². The van der Waals surface area contributed by atoms with Gasteiger partial charge in [0.25, 0.3) is 0 Å². The number of fused-ring (bicyclic) bond motifs is 1. The molecule has 1 saturated heterocycles. The van der Waals surface area contributed by atoms with Gasteiger partial charge in [-0.25, -0.2) is 0 Å². The van der Waals surface area contributed by atoms with Crippen LogP contribution >= 0.6 is 11.6 Å². The highest BCUT2D eigenvalue weighted by Crippen LogP contribution is 2.37. The molecule has 1 fully saturated rings. The van der Waals surface area contributed by atoms with Crippen LogP contribution in [0.5, 0.6) is 11.5 Å². The van der Waals surface area contributed by atoms with Crippen molar-refractivity contribution in [2.45, 2.75) is 6.42 Å². The zero-order valence-corrected chi connectivity index (χ0v) is 9.94. The van der Waals surface area contributed by atoms with E-state index in [2.05, 4.69) is 0 Å². The van der Waals surface area contributed by atoms with Gasteiger partial charge < -0.3 is 14.4 Å². The number of alkyl halides is 1. The highest BCUT2D eigenvalue weighted by Gasteiger charge is 2.30. The van der Waals surface area contributed by atoms with E-state index in [9.17, 15) is 4.79 Å². The fourth-order valence-corrected chi connectivity index (χ4v) is 2.39. The molecular formula is C12H12ClNO3. The van der Waals surface area contributed by atoms with Crippen molar-refractivity contribution in [2.75, 3.05) is 24.1 Å². The van der Waals surface area contributed by atoms with E-state index < -0.39 is 0 Å². The molecule has 1 unspecified atom stereocenters. The minimum Gasteiger partial charge on any atom is -0.454 e. The Balaban J connectivity index is 1.87. The predicted molar refractivity (Wildman–Crippen MR) is 63.7 cm³/mol. The van der Waals surface area contributed by atoms with Crippen LogP contribution < -0.4 is 14.4 Å². The van der Waals surface area contributed by atoms with Gasteiger partial charge in [-0.3, -0.25) is 4.79 Å². The fraction of sp³-hybridized carbons (Fsp3) is 0.417. The zero-order valence-electron chi connectivity index (χ0n) is 9.19. The van der Waals surface area contributed by atoms with Crippen molar-refractivity contribution in [1.82, 2.24) is 0 Å². The monoisotopic (exact) mass is 253 g/mol. The largest absolute Gasteiger partial charge is 0.454 e. The van der Waals surface area contributed by atoms with E-state index in [1.807, 2.05) is 18.2 Å². The van der Waals surface area contributed by atoms with Crippen LogP contribution in [0.3, 0.4) is 0 Å². The highest BCUT2D eigenvalue weighted by atomic mass is 35.5. The highest BCUT2D eigenvalue weighted by molar-refractivity contribution is 6.18. The SMILES string of the molecule is O=C1CC(CCl)CN1c1ccc2c(c1)OCO2. The van der Waals surface area contributed by atoms with Crippen LogP contribution in [0.1, 0.15) is 6.42 Å². The van der Waals surface area contributed by atoms with Gasteiger partial charge in [-0.1, -0.05) is 0 Å². The molecule has 0 saturated carbocycles. The Hall–Kier alpha value is -1.42. The molecule has 90 valence electrons. The van der Waals surface area contributed by atoms with Crippen molar-refractivity contribution < 1.29 is 14.3 Å². The summed E-state index contributed by atoms with van der Waals surface area (Å²) >= 11 is 5.80. The molecule has 0 N–H and O–H groups in total. The Morgan fingerprint density at radius 3 is 2.94 bits per heavy atom. The number of benzene rings is 1. The van der Waals surface area contributed by atoms with E-state index in [0.29, 0.717) is 24.6 Å². The summed E-state index contributed by atoms with van der Waals surface area (Å²) in [7, 11) is 0. The first-order valence-electron chi connectivity index (χ1n) is 5.54. The summed E-state index contributed by atoms with van der Waals surface area (Å²) in [4.78, 5) is 13.6. The summed E-state index contributed by atoms with van der Waals surface area (Å²) in [5.74, 6) is 2.32. The summed E-state index contributed by atoms with van der Waals surface area (Å²) in [5.41, 5.74) is 0.854. The summed E-state index contributed by atoms with van der Waals surface area (Å²) in [6, 6.07) is 5.55. The molecule has 0 aliphatic carbocycles. The summed E-state index contributed by atoms with van der Waals surface area (Å²) in [5, 5.41) is 0. The van der Waals surface area contributed by atoms with Gasteiger partial charge >= 0.3 is 0 Å². The lowest BCUT2D eigenvalue weighted by molar-refractivity contribution is -0.117. The van der Waals surface area contributed by atoms with Gasteiger partial charge in [0.05, 0.1) is 0 Å². The average molecular weight is 254 g/mol. The summed E-state index contributed by atoms with van der Waals surface area (Å²) in [6.07, 6.45) is 0.526. The molecule has 0 spiro atoms. The Morgan fingerprint density at radius 1 is 1.35 bits per heavy atom. The Morgan fingerprint density at radius 2 is 2.18 bits per heavy atom. The summed E-state index contributed by atoms with van der Waals surface area (Å²) < 4.78 is 10.5. The van der Waals surface area contributed by atoms with Crippen molar-refractivity contribution >= 4 is 23.2 Å². The second-order valence-electron chi connectivity index (χ2n) is 4.27. The maximum atomic E-state index is 11.8. The van der Waals surface area contributed by atoms with Crippen molar-refractivity contribution in [3.05, 3.63) is 18.2 Å². The van der Waals surface area contributed by atoms with Gasteiger partial charge in [0, 0.05) is 30.6 Å². The van der Waals surface area contributed by atoms with E-state index in [1.54, 1.807) is 4.90 Å². The Bertz CT molecular complexity index is 463. The lowest BCUT2D eigenvalue weighted by atomic mass is 10.1. The van der Waals surface area contributed by atoms with Crippen molar-refractivity contribution in [1.29, 1.82) is 0 Å². The molecule has 0 bridgehead atoms. The average Bonchev–Trinajstić information content (AvgIpc) is 2.93. The lowest BCUT2D eigenvalue weighted by Gasteiger charge is -2.16. The molecule has 1 amide bonds. The minimum absolute atomic E-state index is 0.120. The standard InChI is InChI=1S/C12H12ClNO3/c13-5-8-3-12(15)14(6-8)9-1-2-10-11(4-9)17-7-16-10/h1-2,4,8H,3,5-7H2. The molecule has 5 heteroatoms. The molecule has 17 heavy (non-hydrogen) atoms. The molecule has 2 aliphatic heterocycles. The molecule has 2 aliphatic rings. The first kappa shape index (κ1) is 10.7. The van der Waals surface area contributed by atoms with Gasteiger partial charge in [-0.05, 0) is 18.1 Å². The number of hydrogen-bond donors (Lipinski definition) is 0. The number of halogens is 1. The van der Waals surface area contributed by atoms with Crippen LogP contribution in [-0.4, -0.2) is 25.1 Å². The maximum Gasteiger partial charge on any atom is 0.231 e. The lowest BCUT2D eigenvalue weighted by Crippen LogP contribution is -2.24. The topological polar surface area (TPSA) is 38.8 Å². The van der Waals surface area contributed by atoms with Gasteiger partial charge in [0.2, 0.25) is 12.7 Å². The normalized spacial score (nSPS) is 22.3. The minimum atomic E-state index is 0.120. The molecule has 0 aromatic heterocycles. The molecule has 0 radical (unpaired) electrons. The number of amides is 1. The smallest absolute Gasteiger partial charge is 0.231 e. The molecule has 1 atom stereocenters. The molecule has 4 nitrogen and oxygen atoms in total. The first-order chi connectivity index (χ1) is 8.28. The maximum absolute atomic E-state index is 11.8. The quantitative estimate of drug-likeness (QED) is 0.757. The Labute approximate surface area is 104 Å². The van der Waals surface area contributed by atoms with Crippen LogP contribution in [0.2, 0.25) is 0 Å². The van der Waals surface area contributed by atoms with E-state index in [1.165, 1.54) is 0 Å². The van der Waals surface area contributed by atoms with Crippen LogP contribution in [-0.2, 0) is 4.79 Å². The molecule has 1 aromatic carbocycles. The molecular weight excluding hydrogens is 242 g/mol. The van der Waals surface area contributed by atoms with Crippen LogP contribution in [0.4, 0.5) is 5.69 Å². The number of ether oxygens (including phenoxy) is 2. The number of carbonyl (C=O) groups is 1. The number of rotatable bonds is 2. The fourth-order valence-electron chi connectivity index (χ4n) is 2.19. The predicted octanol–water partition coefficient (Wildman–Crippen LogP) is 2.01.